The van der Waals surface area contributed by atoms with Crippen LogP contribution in [0, 0.1) is 5.82 Å². The highest BCUT2D eigenvalue weighted by molar-refractivity contribution is 5.40. The average molecular weight is 211 g/mol. The van der Waals surface area contributed by atoms with E-state index < -0.39 is 11.4 Å². The Balaban J connectivity index is 2.22. The van der Waals surface area contributed by atoms with Crippen molar-refractivity contribution < 1.29 is 9.50 Å². The van der Waals surface area contributed by atoms with Crippen LogP contribution >= 0.6 is 0 Å². The van der Waals surface area contributed by atoms with Gasteiger partial charge in [0, 0.05) is 7.05 Å². The summed E-state index contributed by atoms with van der Waals surface area (Å²) in [7, 11) is 1.74. The Morgan fingerprint density at radius 1 is 1.67 bits per heavy atom. The Hall–Kier alpha value is -1.23. The fourth-order valence-corrected chi connectivity index (χ4v) is 2.02. The van der Waals surface area contributed by atoms with Gasteiger partial charge in [0.2, 0.25) is 0 Å². The number of rotatable bonds is 2. The van der Waals surface area contributed by atoms with Gasteiger partial charge in [-0.25, -0.2) is 14.4 Å². The molecular formula is C10H14FN3O. The molecule has 0 unspecified atom stereocenters. The van der Waals surface area contributed by atoms with E-state index in [0.29, 0.717) is 0 Å². The Bertz CT molecular complexity index is 369. The maximum atomic E-state index is 13.4. The van der Waals surface area contributed by atoms with Gasteiger partial charge in [-0.2, -0.15) is 0 Å². The molecule has 0 amide bonds. The zero-order chi connectivity index (χ0) is 11.1. The third-order valence-electron chi connectivity index (χ3n) is 3.09. The van der Waals surface area contributed by atoms with Crippen molar-refractivity contribution in [2.45, 2.75) is 31.4 Å². The third kappa shape index (κ3) is 1.67. The van der Waals surface area contributed by atoms with Crippen LogP contribution in [0.5, 0.6) is 0 Å². The van der Waals surface area contributed by atoms with Crippen LogP contribution in [0.2, 0.25) is 0 Å². The van der Waals surface area contributed by atoms with Gasteiger partial charge in [-0.15, -0.1) is 0 Å². The van der Waals surface area contributed by atoms with Gasteiger partial charge >= 0.3 is 0 Å². The molecule has 0 bridgehead atoms. The highest BCUT2D eigenvalue weighted by atomic mass is 19.1. The monoisotopic (exact) mass is 211 g/mol. The summed E-state index contributed by atoms with van der Waals surface area (Å²) in [6.45, 7) is 1.76. The zero-order valence-electron chi connectivity index (χ0n) is 8.81. The van der Waals surface area contributed by atoms with E-state index in [2.05, 4.69) is 9.97 Å². The number of nitrogens with zero attached hydrogens (tertiary/aromatic N) is 3. The lowest BCUT2D eigenvalue weighted by atomic mass is 9.75. The maximum absolute atomic E-state index is 13.4. The van der Waals surface area contributed by atoms with Crippen molar-refractivity contribution in [3.05, 3.63) is 18.3 Å². The summed E-state index contributed by atoms with van der Waals surface area (Å²) in [5, 5.41) is 9.89. The molecule has 0 radical (unpaired) electrons. The summed E-state index contributed by atoms with van der Waals surface area (Å²) in [5.41, 5.74) is -0.744. The predicted octanol–water partition coefficient (Wildman–Crippen LogP) is 0.965. The molecule has 82 valence electrons. The van der Waals surface area contributed by atoms with Crippen molar-refractivity contribution in [1.82, 2.24) is 9.97 Å². The molecule has 2 atom stereocenters. The molecule has 15 heavy (non-hydrogen) atoms. The Morgan fingerprint density at radius 3 is 2.87 bits per heavy atom. The summed E-state index contributed by atoms with van der Waals surface area (Å²) in [4.78, 5) is 9.15. The van der Waals surface area contributed by atoms with Gasteiger partial charge in [0.15, 0.2) is 11.6 Å². The number of hydrogen-bond donors (Lipinski definition) is 1. The minimum absolute atomic E-state index is 0.0677. The largest absolute Gasteiger partial charge is 0.388 e. The molecule has 1 aromatic rings. The molecule has 1 aliphatic carbocycles. The number of halogens is 1. The molecule has 0 spiro atoms. The van der Waals surface area contributed by atoms with Gasteiger partial charge in [-0.1, -0.05) is 0 Å². The number of anilines is 1. The van der Waals surface area contributed by atoms with Crippen LogP contribution in [0.4, 0.5) is 10.2 Å². The molecule has 1 aromatic heterocycles. The van der Waals surface area contributed by atoms with Gasteiger partial charge < -0.3 is 10.0 Å². The van der Waals surface area contributed by atoms with E-state index in [1.807, 2.05) is 0 Å². The van der Waals surface area contributed by atoms with Crippen LogP contribution in [0.25, 0.3) is 0 Å². The van der Waals surface area contributed by atoms with Crippen molar-refractivity contribution in [2.75, 3.05) is 11.9 Å². The summed E-state index contributed by atoms with van der Waals surface area (Å²) in [6, 6.07) is -0.0677. The molecule has 1 N–H and O–H groups in total. The molecule has 1 saturated carbocycles. The minimum atomic E-state index is -0.744. The van der Waals surface area contributed by atoms with Crippen molar-refractivity contribution >= 4 is 5.82 Å². The molecule has 0 saturated heterocycles. The zero-order valence-corrected chi connectivity index (χ0v) is 8.81. The van der Waals surface area contributed by atoms with Crippen molar-refractivity contribution in [2.24, 2.45) is 0 Å². The maximum Gasteiger partial charge on any atom is 0.183 e. The van der Waals surface area contributed by atoms with Gasteiger partial charge in [-0.3, -0.25) is 0 Å². The van der Waals surface area contributed by atoms with Crippen molar-refractivity contribution in [3.63, 3.8) is 0 Å². The van der Waals surface area contributed by atoms with Crippen LogP contribution in [-0.4, -0.2) is 33.8 Å². The van der Waals surface area contributed by atoms with Crippen LogP contribution in [0.15, 0.2) is 12.5 Å². The Labute approximate surface area is 87.8 Å². The van der Waals surface area contributed by atoms with E-state index in [4.69, 9.17) is 0 Å². The van der Waals surface area contributed by atoms with E-state index in [1.54, 1.807) is 18.9 Å². The second kappa shape index (κ2) is 3.41. The third-order valence-corrected chi connectivity index (χ3v) is 3.09. The van der Waals surface area contributed by atoms with Crippen LogP contribution in [0.1, 0.15) is 19.8 Å². The van der Waals surface area contributed by atoms with Crippen LogP contribution in [0.3, 0.4) is 0 Å². The molecular weight excluding hydrogens is 197 g/mol. The fourth-order valence-electron chi connectivity index (χ4n) is 2.02. The molecule has 1 aliphatic rings. The molecule has 1 fully saturated rings. The second-order valence-electron chi connectivity index (χ2n) is 4.22. The summed E-state index contributed by atoms with van der Waals surface area (Å²) in [5.74, 6) is -0.210. The topological polar surface area (TPSA) is 49.2 Å². The standard InChI is InChI=1S/C10H14FN3O/c1-10(15)4-3-8(10)14(2)9-7(11)5-12-6-13-9/h5-6,8,15H,3-4H2,1-2H3/t8-,10-/m1/s1. The van der Waals surface area contributed by atoms with E-state index in [-0.39, 0.29) is 11.9 Å². The van der Waals surface area contributed by atoms with Crippen molar-refractivity contribution in [3.8, 4) is 0 Å². The summed E-state index contributed by atoms with van der Waals surface area (Å²) >= 11 is 0. The quantitative estimate of drug-likeness (QED) is 0.791. The Morgan fingerprint density at radius 2 is 2.40 bits per heavy atom. The highest BCUT2D eigenvalue weighted by Crippen LogP contribution is 2.37. The molecule has 4 nitrogen and oxygen atoms in total. The van der Waals surface area contributed by atoms with Gasteiger partial charge in [-0.05, 0) is 19.8 Å². The lowest BCUT2D eigenvalue weighted by molar-refractivity contribution is -0.0386. The number of hydrogen-bond acceptors (Lipinski definition) is 4. The summed E-state index contributed by atoms with van der Waals surface area (Å²) in [6.07, 6.45) is 4.04. The molecule has 5 heteroatoms. The van der Waals surface area contributed by atoms with Crippen LogP contribution < -0.4 is 4.90 Å². The molecule has 0 aromatic carbocycles. The average Bonchev–Trinajstić information content (AvgIpc) is 2.17. The van der Waals surface area contributed by atoms with E-state index in [1.165, 1.54) is 6.33 Å². The number of aliphatic hydroxyl groups is 1. The minimum Gasteiger partial charge on any atom is -0.388 e. The highest BCUT2D eigenvalue weighted by Gasteiger charge is 2.44. The summed E-state index contributed by atoms with van der Waals surface area (Å²) < 4.78 is 13.4. The number of aromatic nitrogens is 2. The van der Waals surface area contributed by atoms with E-state index in [9.17, 15) is 9.50 Å². The first-order chi connectivity index (χ1) is 7.02. The normalized spacial score (nSPS) is 29.7. The lowest BCUT2D eigenvalue weighted by Crippen LogP contribution is -2.58. The van der Waals surface area contributed by atoms with E-state index >= 15 is 0 Å². The Kier molecular flexibility index (Phi) is 2.34. The van der Waals surface area contributed by atoms with Gasteiger partial charge in [0.05, 0.1) is 17.8 Å². The predicted molar refractivity (Wildman–Crippen MR) is 54.0 cm³/mol. The lowest BCUT2D eigenvalue weighted by Gasteiger charge is -2.47. The molecule has 1 heterocycles. The van der Waals surface area contributed by atoms with Gasteiger partial charge in [0.25, 0.3) is 0 Å². The first kappa shape index (κ1) is 10.3. The van der Waals surface area contributed by atoms with Crippen LogP contribution in [-0.2, 0) is 0 Å². The smallest absolute Gasteiger partial charge is 0.183 e. The van der Waals surface area contributed by atoms with E-state index in [0.717, 1.165) is 19.0 Å². The molecule has 0 aliphatic heterocycles. The molecule has 2 rings (SSSR count). The first-order valence-corrected chi connectivity index (χ1v) is 4.93. The fraction of sp³-hybridized carbons (Fsp3) is 0.600. The second-order valence-corrected chi connectivity index (χ2v) is 4.22. The number of likely N-dealkylation sites (N-methyl/N-ethyl adjacent to an activating group) is 1. The van der Waals surface area contributed by atoms with Crippen molar-refractivity contribution in [1.29, 1.82) is 0 Å². The van der Waals surface area contributed by atoms with Gasteiger partial charge in [0.1, 0.15) is 6.33 Å². The SMILES string of the molecule is CN(c1ncncc1F)[C@@H]1CC[C@@]1(C)O. The first-order valence-electron chi connectivity index (χ1n) is 4.93.